The van der Waals surface area contributed by atoms with Gasteiger partial charge >= 0.3 is 0 Å². The molecule has 23 heavy (non-hydrogen) atoms. The molecule has 116 valence electrons. The zero-order chi connectivity index (χ0) is 16.4. The molecule has 0 spiro atoms. The van der Waals surface area contributed by atoms with Crippen LogP contribution in [0, 0.1) is 11.3 Å². The van der Waals surface area contributed by atoms with Crippen molar-refractivity contribution in [2.45, 2.75) is 26.3 Å². The summed E-state index contributed by atoms with van der Waals surface area (Å²) in [5.74, 6) is 0. The monoisotopic (exact) mass is 342 g/mol. The van der Waals surface area contributed by atoms with Gasteiger partial charge in [-0.2, -0.15) is 10.4 Å². The third kappa shape index (κ3) is 3.14. The van der Waals surface area contributed by atoms with E-state index in [0.717, 1.165) is 32.5 Å². The predicted octanol–water partition coefficient (Wildman–Crippen LogP) is 5.17. The Morgan fingerprint density at radius 2 is 2.22 bits per heavy atom. The summed E-state index contributed by atoms with van der Waals surface area (Å²) in [4.78, 5) is 5.06. The van der Waals surface area contributed by atoms with Gasteiger partial charge in [0.25, 0.3) is 0 Å². The smallest absolute Gasteiger partial charge is 0.141 e. The molecule has 3 aromatic rings. The van der Waals surface area contributed by atoms with Gasteiger partial charge in [0.2, 0.25) is 0 Å². The Kier molecular flexibility index (Phi) is 4.46. The molecular weight excluding hydrogens is 328 g/mol. The second-order valence-corrected chi connectivity index (χ2v) is 6.99. The van der Waals surface area contributed by atoms with Crippen molar-refractivity contribution < 1.29 is 0 Å². The number of nitrogens with zero attached hydrogens (tertiary/aromatic N) is 4. The first-order chi connectivity index (χ1) is 11.1. The number of thiophene rings is 1. The van der Waals surface area contributed by atoms with Crippen LogP contribution in [0.4, 0.5) is 0 Å². The van der Waals surface area contributed by atoms with Crippen molar-refractivity contribution in [3.05, 3.63) is 46.7 Å². The molecule has 0 radical (unpaired) electrons. The summed E-state index contributed by atoms with van der Waals surface area (Å²) >= 11 is 7.59. The third-order valence-electron chi connectivity index (χ3n) is 3.77. The molecule has 4 nitrogen and oxygen atoms in total. The van der Waals surface area contributed by atoms with Crippen molar-refractivity contribution in [1.82, 2.24) is 14.8 Å². The summed E-state index contributed by atoms with van der Waals surface area (Å²) in [6.45, 7) is 4.27. The highest BCUT2D eigenvalue weighted by Gasteiger charge is 2.17. The van der Waals surface area contributed by atoms with Crippen molar-refractivity contribution in [1.29, 1.82) is 5.26 Å². The molecule has 3 aromatic heterocycles. The molecule has 0 aromatic carbocycles. The quantitative estimate of drug-likeness (QED) is 0.657. The molecule has 0 aliphatic heterocycles. The summed E-state index contributed by atoms with van der Waals surface area (Å²) in [7, 11) is 0. The molecule has 1 unspecified atom stereocenters. The largest absolute Gasteiger partial charge is 0.269 e. The lowest BCUT2D eigenvalue weighted by Crippen LogP contribution is -2.03. The number of halogens is 1. The van der Waals surface area contributed by atoms with Gasteiger partial charge < -0.3 is 0 Å². The number of nitriles is 1. The van der Waals surface area contributed by atoms with E-state index in [0.29, 0.717) is 11.7 Å². The maximum Gasteiger partial charge on any atom is 0.141 e. The number of hydrogen-bond acceptors (Lipinski definition) is 4. The molecule has 3 heterocycles. The van der Waals surface area contributed by atoms with Gasteiger partial charge in [-0.1, -0.05) is 18.5 Å². The second kappa shape index (κ2) is 6.53. The molecule has 1 atom stereocenters. The molecule has 0 N–H and O–H groups in total. The number of hydrogen-bond donors (Lipinski definition) is 0. The fraction of sp³-hybridized carbons (Fsp3) is 0.235. The first kappa shape index (κ1) is 15.7. The summed E-state index contributed by atoms with van der Waals surface area (Å²) in [6, 6.07) is 9.93. The summed E-state index contributed by atoms with van der Waals surface area (Å²) in [6.07, 6.45) is 4.68. The first-order valence-corrected chi connectivity index (χ1v) is 8.53. The highest BCUT2D eigenvalue weighted by Crippen LogP contribution is 2.37. The number of aromatic nitrogens is 3. The van der Waals surface area contributed by atoms with E-state index in [1.807, 2.05) is 29.1 Å². The molecule has 3 rings (SSSR count). The van der Waals surface area contributed by atoms with E-state index < -0.39 is 0 Å². The van der Waals surface area contributed by atoms with E-state index in [-0.39, 0.29) is 0 Å². The summed E-state index contributed by atoms with van der Waals surface area (Å²) < 4.78 is 2.71. The van der Waals surface area contributed by atoms with Crippen LogP contribution in [0.3, 0.4) is 0 Å². The first-order valence-electron chi connectivity index (χ1n) is 7.33. The predicted molar refractivity (Wildman–Crippen MR) is 93.5 cm³/mol. The van der Waals surface area contributed by atoms with Crippen LogP contribution in [0.2, 0.25) is 4.34 Å². The minimum Gasteiger partial charge on any atom is -0.269 e. The Labute approximate surface area is 144 Å². The number of pyridine rings is 1. The lowest BCUT2D eigenvalue weighted by Gasteiger charge is -2.07. The molecule has 0 aliphatic rings. The fourth-order valence-electron chi connectivity index (χ4n) is 2.30. The van der Waals surface area contributed by atoms with Crippen molar-refractivity contribution in [2.24, 2.45) is 0 Å². The minimum absolute atomic E-state index is 0.301. The van der Waals surface area contributed by atoms with Gasteiger partial charge in [-0.3, -0.25) is 4.68 Å². The molecule has 0 fully saturated rings. The van der Waals surface area contributed by atoms with E-state index >= 15 is 0 Å². The fourth-order valence-corrected chi connectivity index (χ4v) is 3.34. The van der Waals surface area contributed by atoms with E-state index in [4.69, 9.17) is 22.0 Å². The Hall–Kier alpha value is -2.16. The lowest BCUT2D eigenvalue weighted by molar-refractivity contribution is 0.479. The highest BCUT2D eigenvalue weighted by molar-refractivity contribution is 7.19. The Balaban J connectivity index is 2.17. The van der Waals surface area contributed by atoms with Gasteiger partial charge in [-0.05, 0) is 43.2 Å². The van der Waals surface area contributed by atoms with Crippen molar-refractivity contribution >= 4 is 22.9 Å². The van der Waals surface area contributed by atoms with Crippen LogP contribution in [-0.4, -0.2) is 14.8 Å². The lowest BCUT2D eigenvalue weighted by atomic mass is 10.1. The van der Waals surface area contributed by atoms with Gasteiger partial charge in [-0.25, -0.2) is 4.98 Å². The average molecular weight is 343 g/mol. The van der Waals surface area contributed by atoms with Crippen LogP contribution in [0.25, 0.3) is 21.7 Å². The molecular formula is C17H15ClN4S. The molecule has 0 saturated heterocycles. The van der Waals surface area contributed by atoms with E-state index in [2.05, 4.69) is 24.9 Å². The summed E-state index contributed by atoms with van der Waals surface area (Å²) in [5.41, 5.74) is 3.21. The van der Waals surface area contributed by atoms with Crippen LogP contribution >= 0.6 is 22.9 Å². The normalized spacial score (nSPS) is 12.1. The highest BCUT2D eigenvalue weighted by atomic mass is 35.5. The van der Waals surface area contributed by atoms with Crippen molar-refractivity contribution in [2.75, 3.05) is 0 Å². The van der Waals surface area contributed by atoms with Gasteiger partial charge in [0.1, 0.15) is 17.5 Å². The average Bonchev–Trinajstić information content (AvgIpc) is 3.20. The van der Waals surface area contributed by atoms with Crippen LogP contribution in [0.5, 0.6) is 0 Å². The van der Waals surface area contributed by atoms with E-state index in [1.165, 1.54) is 11.3 Å². The number of rotatable bonds is 4. The minimum atomic E-state index is 0.301. The van der Waals surface area contributed by atoms with Crippen molar-refractivity contribution in [3.63, 3.8) is 0 Å². The van der Waals surface area contributed by atoms with Crippen LogP contribution in [0.1, 0.15) is 32.0 Å². The molecule has 0 bridgehead atoms. The topological polar surface area (TPSA) is 54.5 Å². The van der Waals surface area contributed by atoms with Crippen LogP contribution in [-0.2, 0) is 0 Å². The Bertz CT molecular complexity index is 875. The zero-order valence-electron chi connectivity index (χ0n) is 12.8. The van der Waals surface area contributed by atoms with E-state index in [9.17, 15) is 0 Å². The summed E-state index contributed by atoms with van der Waals surface area (Å²) in [5, 5.41) is 13.8. The van der Waals surface area contributed by atoms with Gasteiger partial charge in [0, 0.05) is 24.0 Å². The Morgan fingerprint density at radius 3 is 2.87 bits per heavy atom. The Morgan fingerprint density at radius 1 is 1.39 bits per heavy atom. The standard InChI is InChI=1S/C17H15ClN4S/c1-3-11(2)22-10-14(12-6-7-20-13(8-12)9-19)17(21-22)15-4-5-16(18)23-15/h4-8,10-11H,3H2,1-2H3. The van der Waals surface area contributed by atoms with Crippen LogP contribution < -0.4 is 0 Å². The zero-order valence-corrected chi connectivity index (χ0v) is 14.4. The molecule has 0 saturated carbocycles. The van der Waals surface area contributed by atoms with E-state index in [1.54, 1.807) is 12.3 Å². The van der Waals surface area contributed by atoms with Gasteiger partial charge in [-0.15, -0.1) is 11.3 Å². The molecule has 6 heteroatoms. The maximum absolute atomic E-state index is 9.08. The van der Waals surface area contributed by atoms with Crippen LogP contribution in [0.15, 0.2) is 36.7 Å². The third-order valence-corrected chi connectivity index (χ3v) is 5.00. The second-order valence-electron chi connectivity index (χ2n) is 5.27. The van der Waals surface area contributed by atoms with Crippen molar-refractivity contribution in [3.8, 4) is 27.8 Å². The van der Waals surface area contributed by atoms with Gasteiger partial charge in [0.05, 0.1) is 9.21 Å². The van der Waals surface area contributed by atoms with Gasteiger partial charge in [0.15, 0.2) is 0 Å². The molecule has 0 amide bonds. The molecule has 0 aliphatic carbocycles. The maximum atomic E-state index is 9.08. The SMILES string of the molecule is CCC(C)n1cc(-c2ccnc(C#N)c2)c(-c2ccc(Cl)s2)n1.